The van der Waals surface area contributed by atoms with E-state index in [0.29, 0.717) is 23.3 Å². The number of carbonyl (C=O) groups is 3. The Morgan fingerprint density at radius 2 is 0.931 bits per heavy atom. The normalized spacial score (nSPS) is 10.9. The number of benzene rings is 7. The summed E-state index contributed by atoms with van der Waals surface area (Å²) in [5.41, 5.74) is -1.45. The van der Waals surface area contributed by atoms with Gasteiger partial charge in [0.05, 0.1) is 68.9 Å². The number of carbonyl (C=O) groups excluding carboxylic acids is 3. The number of phenols is 3. The summed E-state index contributed by atoms with van der Waals surface area (Å²) < 4.78 is 86.4. The average Bonchev–Trinajstić information content (AvgIpc) is 3.33. The molecule has 72 heavy (non-hydrogen) atoms. The van der Waals surface area contributed by atoms with Crippen LogP contribution in [-0.2, 0) is 12.4 Å². The number of anilines is 6. The van der Waals surface area contributed by atoms with Crippen molar-refractivity contribution in [3.63, 3.8) is 0 Å². The van der Waals surface area contributed by atoms with Crippen LogP contribution in [0.4, 0.5) is 74.9 Å². The highest BCUT2D eigenvalue weighted by molar-refractivity contribution is 6.44. The van der Waals surface area contributed by atoms with Crippen molar-refractivity contribution in [2.24, 2.45) is 0 Å². The van der Waals surface area contributed by atoms with Gasteiger partial charge in [-0.05, 0) is 95.7 Å². The molecule has 0 spiro atoms. The van der Waals surface area contributed by atoms with Crippen LogP contribution in [0.5, 0.6) is 28.7 Å². The molecule has 0 aliphatic rings. The average molecular weight is 1100 g/mol. The summed E-state index contributed by atoms with van der Waals surface area (Å²) in [6.45, 7) is 0. The largest absolute Gasteiger partial charge is 0.506 e. The Morgan fingerprint density at radius 1 is 0.458 bits per heavy atom. The van der Waals surface area contributed by atoms with E-state index in [2.05, 4.69) is 31.9 Å². The molecule has 7 aromatic rings. The van der Waals surface area contributed by atoms with Gasteiger partial charge in [0.25, 0.3) is 0 Å². The number of rotatable bonds is 8. The van der Waals surface area contributed by atoms with Gasteiger partial charge in [0.15, 0.2) is 11.5 Å². The fourth-order valence-electron chi connectivity index (χ4n) is 5.92. The molecule has 0 saturated carbocycles. The third-order valence-electron chi connectivity index (χ3n) is 9.39. The zero-order valence-corrected chi connectivity index (χ0v) is 40.4. The molecule has 14 nitrogen and oxygen atoms in total. The number of ether oxygens (including phenoxy) is 2. The molecule has 0 unspecified atom stereocenters. The smallest absolute Gasteiger partial charge is 0.416 e. The fourth-order valence-corrected chi connectivity index (χ4v) is 6.72. The van der Waals surface area contributed by atoms with Crippen LogP contribution in [0.3, 0.4) is 0 Å². The number of amides is 6. The highest BCUT2D eigenvalue weighted by atomic mass is 35.5. The standard InChI is InChI=1S/C18H13F3N2O2.C15H14Cl2N2O4.C14H8Cl3F3N2O2/c19-18(20,21)13-6-3-7-14(10-13)22-17(25)23-15-8-11-4-1-2-5-12(11)9-16(15)24;1-22-8-3-5-10(12(7-8)23-2)18-15(21)19-11-6-4-9(16)13(17)14(11)20;15-7-2-1-6(14(18,19)20)5-10(7)22-13(24)21-9-4-3-8(16)11(17)12(9)23/h1-10,24H,(H2,22,23,25);3-7,20H,1-2H3,(H2,18,19,21);1-5,23H,(H2,21,22,24). The zero-order valence-electron chi connectivity index (χ0n) is 36.6. The van der Waals surface area contributed by atoms with Gasteiger partial charge in [-0.15, -0.1) is 0 Å². The Morgan fingerprint density at radius 3 is 1.47 bits per heavy atom. The highest BCUT2D eigenvalue weighted by Gasteiger charge is 2.32. The van der Waals surface area contributed by atoms with E-state index in [9.17, 15) is 56.0 Å². The van der Waals surface area contributed by atoms with Gasteiger partial charge in [0.2, 0.25) is 0 Å². The second-order valence-corrected chi connectivity index (χ2v) is 16.3. The number of halogens is 11. The molecule has 0 saturated heterocycles. The van der Waals surface area contributed by atoms with E-state index >= 15 is 0 Å². The zero-order chi connectivity index (χ0) is 53.1. The Hall–Kier alpha value is -7.36. The van der Waals surface area contributed by atoms with Gasteiger partial charge in [0.1, 0.15) is 27.3 Å². The van der Waals surface area contributed by atoms with Gasteiger partial charge >= 0.3 is 30.4 Å². The first-order valence-corrected chi connectivity index (χ1v) is 21.8. The van der Waals surface area contributed by atoms with Gasteiger partial charge in [-0.2, -0.15) is 26.3 Å². The Balaban J connectivity index is 0.000000201. The minimum atomic E-state index is -4.58. The lowest BCUT2D eigenvalue weighted by atomic mass is 10.1. The van der Waals surface area contributed by atoms with Crippen LogP contribution in [0, 0.1) is 0 Å². The molecule has 0 atom stereocenters. The predicted molar refractivity (Wildman–Crippen MR) is 267 cm³/mol. The molecule has 378 valence electrons. The first-order chi connectivity index (χ1) is 33.9. The Labute approximate surface area is 429 Å². The van der Waals surface area contributed by atoms with Gasteiger partial charge in [-0.3, -0.25) is 0 Å². The lowest BCUT2D eigenvalue weighted by Gasteiger charge is -2.13. The topological polar surface area (TPSA) is 203 Å². The van der Waals surface area contributed by atoms with Crippen molar-refractivity contribution < 1.29 is 65.5 Å². The summed E-state index contributed by atoms with van der Waals surface area (Å²) in [6.07, 6.45) is -9.08. The van der Waals surface area contributed by atoms with E-state index < -0.39 is 47.3 Å². The first kappa shape index (κ1) is 55.6. The van der Waals surface area contributed by atoms with Gasteiger partial charge in [-0.1, -0.05) is 88.3 Å². The van der Waals surface area contributed by atoms with Crippen LogP contribution in [0.2, 0.25) is 25.1 Å². The van der Waals surface area contributed by atoms with E-state index in [-0.39, 0.29) is 65.0 Å². The van der Waals surface area contributed by atoms with Crippen LogP contribution in [-0.4, -0.2) is 47.6 Å². The van der Waals surface area contributed by atoms with Crippen LogP contribution in [0.1, 0.15) is 11.1 Å². The van der Waals surface area contributed by atoms with Crippen molar-refractivity contribution in [3.8, 4) is 28.7 Å². The number of aromatic hydroxyl groups is 3. The summed E-state index contributed by atoms with van der Waals surface area (Å²) >= 11 is 28.8. The number of urea groups is 3. The van der Waals surface area contributed by atoms with Crippen LogP contribution < -0.4 is 41.4 Å². The quantitative estimate of drug-likeness (QED) is 0.0528. The van der Waals surface area contributed by atoms with Crippen LogP contribution in [0.25, 0.3) is 10.8 Å². The van der Waals surface area contributed by atoms with Crippen molar-refractivity contribution in [3.05, 3.63) is 158 Å². The molecule has 6 amide bonds. The SMILES string of the molecule is COc1ccc(NC(=O)Nc2ccc(Cl)c(Cl)c2O)c(OC)c1.O=C(Nc1cc(C(F)(F)F)ccc1Cl)Nc1ccc(Cl)c(Cl)c1O.O=C(Nc1cccc(C(F)(F)F)c1)Nc1cc2ccccc2cc1O. The summed E-state index contributed by atoms with van der Waals surface area (Å²) in [6, 6.07) is 25.3. The second kappa shape index (κ2) is 24.2. The molecule has 25 heteroatoms. The van der Waals surface area contributed by atoms with E-state index in [4.69, 9.17) is 67.5 Å². The highest BCUT2D eigenvalue weighted by Crippen LogP contribution is 2.40. The van der Waals surface area contributed by atoms with E-state index in [1.54, 1.807) is 24.3 Å². The third kappa shape index (κ3) is 15.1. The third-order valence-corrected chi connectivity index (χ3v) is 11.3. The predicted octanol–water partition coefficient (Wildman–Crippen LogP) is 15.6. The van der Waals surface area contributed by atoms with Crippen molar-refractivity contribution in [2.45, 2.75) is 12.4 Å². The van der Waals surface area contributed by atoms with Crippen molar-refractivity contribution in [2.75, 3.05) is 46.1 Å². The van der Waals surface area contributed by atoms with Crippen molar-refractivity contribution in [1.82, 2.24) is 0 Å². The number of nitrogens with one attached hydrogen (secondary N) is 6. The van der Waals surface area contributed by atoms with Crippen molar-refractivity contribution >= 4 is 121 Å². The molecular weight excluding hydrogens is 1070 g/mol. The number of methoxy groups -OCH3 is 2. The Bertz CT molecular complexity index is 3130. The maximum atomic E-state index is 12.7. The minimum Gasteiger partial charge on any atom is -0.506 e. The lowest BCUT2D eigenvalue weighted by Crippen LogP contribution is -2.20. The first-order valence-electron chi connectivity index (χ1n) is 19.9. The molecule has 0 heterocycles. The number of fused-ring (bicyclic) bond motifs is 1. The summed E-state index contributed by atoms with van der Waals surface area (Å²) in [5.74, 6) is 0.0937. The van der Waals surface area contributed by atoms with Crippen molar-refractivity contribution in [1.29, 1.82) is 0 Å². The maximum absolute atomic E-state index is 12.7. The molecule has 0 radical (unpaired) electrons. The van der Waals surface area contributed by atoms with Crippen LogP contribution >= 0.6 is 58.0 Å². The molecular formula is C47H35Cl5F6N6O8. The van der Waals surface area contributed by atoms with Gasteiger partial charge in [-0.25, -0.2) is 14.4 Å². The number of hydrogen-bond acceptors (Lipinski definition) is 8. The van der Waals surface area contributed by atoms with Gasteiger partial charge in [0, 0.05) is 11.8 Å². The van der Waals surface area contributed by atoms with E-state index in [1.807, 2.05) is 24.3 Å². The molecule has 7 rings (SSSR count). The molecule has 0 aliphatic heterocycles. The molecule has 0 aromatic heterocycles. The number of phenolic OH excluding ortho intramolecular Hbond substituents is 3. The monoisotopic (exact) mass is 1100 g/mol. The van der Waals surface area contributed by atoms with E-state index in [0.717, 1.165) is 35.0 Å². The molecule has 0 aliphatic carbocycles. The summed E-state index contributed by atoms with van der Waals surface area (Å²) in [5, 5.41) is 45.4. The fraction of sp³-hybridized carbons (Fsp3) is 0.0851. The number of hydrogen-bond donors (Lipinski definition) is 9. The van der Waals surface area contributed by atoms with E-state index in [1.165, 1.54) is 56.7 Å². The molecule has 0 fully saturated rings. The summed E-state index contributed by atoms with van der Waals surface area (Å²) in [7, 11) is 3.00. The summed E-state index contributed by atoms with van der Waals surface area (Å²) in [4.78, 5) is 36.0. The Kier molecular flexibility index (Phi) is 18.7. The minimum absolute atomic E-state index is 0.00685. The molecule has 0 bridgehead atoms. The molecule has 9 N–H and O–H groups in total. The molecule has 7 aromatic carbocycles. The van der Waals surface area contributed by atoms with Gasteiger partial charge < -0.3 is 56.7 Å². The van der Waals surface area contributed by atoms with Crippen LogP contribution in [0.15, 0.2) is 121 Å². The number of alkyl halides is 6. The second-order valence-electron chi connectivity index (χ2n) is 14.3. The lowest BCUT2D eigenvalue weighted by molar-refractivity contribution is -0.138. The maximum Gasteiger partial charge on any atom is 0.416 e.